The van der Waals surface area contributed by atoms with Crippen LogP contribution in [0.4, 0.5) is 0 Å². The molecule has 100 valence electrons. The first-order chi connectivity index (χ1) is 7.83. The summed E-state index contributed by atoms with van der Waals surface area (Å²) in [6, 6.07) is 0. The van der Waals surface area contributed by atoms with Crippen LogP contribution in [0, 0.1) is 0 Å². The Kier molecular flexibility index (Phi) is 23.3. The van der Waals surface area contributed by atoms with E-state index in [0.29, 0.717) is 6.61 Å². The maximum absolute atomic E-state index is 8.51. The Hall–Kier alpha value is -0.0800. The molecule has 2 nitrogen and oxygen atoms in total. The van der Waals surface area contributed by atoms with E-state index in [-0.39, 0.29) is 0 Å². The molecule has 0 saturated heterocycles. The first-order valence-corrected chi connectivity index (χ1v) is 7.14. The quantitative estimate of drug-likeness (QED) is 0.561. The topological polar surface area (TPSA) is 46.2 Å². The predicted molar refractivity (Wildman–Crippen MR) is 73.7 cm³/mol. The van der Waals surface area contributed by atoms with Gasteiger partial charge in [-0.25, -0.2) is 0 Å². The van der Waals surface area contributed by atoms with Gasteiger partial charge < -0.3 is 10.8 Å². The molecule has 0 saturated carbocycles. The molecule has 0 atom stereocenters. The van der Waals surface area contributed by atoms with Crippen LogP contribution in [-0.2, 0) is 0 Å². The zero-order chi connectivity index (χ0) is 12.5. The summed E-state index contributed by atoms with van der Waals surface area (Å²) in [5, 5.41) is 8.51. The van der Waals surface area contributed by atoms with Gasteiger partial charge in [-0.2, -0.15) is 0 Å². The van der Waals surface area contributed by atoms with E-state index in [0.717, 1.165) is 13.0 Å². The molecule has 0 spiro atoms. The second-order valence-electron chi connectivity index (χ2n) is 4.34. The summed E-state index contributed by atoms with van der Waals surface area (Å²) < 4.78 is 0. The predicted octanol–water partition coefficient (Wildman–Crippen LogP) is 3.86. The zero-order valence-electron chi connectivity index (χ0n) is 11.5. The largest absolute Gasteiger partial charge is 0.396 e. The Labute approximate surface area is 103 Å². The van der Waals surface area contributed by atoms with Gasteiger partial charge in [0.2, 0.25) is 0 Å². The maximum Gasteiger partial charge on any atom is 0.0431 e. The number of aliphatic hydroxyl groups excluding tert-OH is 1. The van der Waals surface area contributed by atoms with Gasteiger partial charge in [-0.1, -0.05) is 65.2 Å². The minimum Gasteiger partial charge on any atom is -0.396 e. The summed E-state index contributed by atoms with van der Waals surface area (Å²) in [6.07, 6.45) is 12.8. The highest BCUT2D eigenvalue weighted by Crippen LogP contribution is 2.07. The molecule has 0 radical (unpaired) electrons. The molecule has 0 aliphatic carbocycles. The lowest BCUT2D eigenvalue weighted by molar-refractivity contribution is 0.282. The lowest BCUT2D eigenvalue weighted by Gasteiger charge is -1.98. The Bertz CT molecular complexity index is 86.7. The van der Waals surface area contributed by atoms with E-state index in [1.807, 2.05) is 0 Å². The van der Waals surface area contributed by atoms with Crippen molar-refractivity contribution in [3.63, 3.8) is 0 Å². The molecule has 0 amide bonds. The molecule has 0 aromatic heterocycles. The minimum absolute atomic E-state index is 0.370. The molecule has 0 aromatic carbocycles. The van der Waals surface area contributed by atoms with E-state index in [1.54, 1.807) is 0 Å². The fourth-order valence-electron chi connectivity index (χ4n) is 1.45. The highest BCUT2D eigenvalue weighted by molar-refractivity contribution is 4.44. The number of nitrogens with two attached hydrogens (primary N) is 1. The van der Waals surface area contributed by atoms with Gasteiger partial charge in [-0.05, 0) is 19.4 Å². The molecular formula is C14H33NO. The van der Waals surface area contributed by atoms with Crippen molar-refractivity contribution in [3.8, 4) is 0 Å². The van der Waals surface area contributed by atoms with Gasteiger partial charge in [0.15, 0.2) is 0 Å². The van der Waals surface area contributed by atoms with E-state index in [4.69, 9.17) is 10.8 Å². The monoisotopic (exact) mass is 231 g/mol. The van der Waals surface area contributed by atoms with Crippen molar-refractivity contribution in [2.75, 3.05) is 13.2 Å². The minimum atomic E-state index is 0.370. The molecule has 0 fully saturated rings. The second-order valence-corrected chi connectivity index (χ2v) is 4.34. The molecule has 0 heterocycles. The fraction of sp³-hybridized carbons (Fsp3) is 1.00. The Morgan fingerprint density at radius 3 is 1.44 bits per heavy atom. The maximum atomic E-state index is 8.51. The Balaban J connectivity index is 0. The van der Waals surface area contributed by atoms with Crippen molar-refractivity contribution >= 4 is 0 Å². The van der Waals surface area contributed by atoms with Gasteiger partial charge in [0.05, 0.1) is 0 Å². The van der Waals surface area contributed by atoms with Gasteiger partial charge in [0, 0.05) is 6.61 Å². The Morgan fingerprint density at radius 2 is 1.12 bits per heavy atom. The summed E-state index contributed by atoms with van der Waals surface area (Å²) in [7, 11) is 0. The van der Waals surface area contributed by atoms with Crippen molar-refractivity contribution < 1.29 is 5.11 Å². The Morgan fingerprint density at radius 1 is 0.688 bits per heavy atom. The zero-order valence-corrected chi connectivity index (χ0v) is 11.5. The van der Waals surface area contributed by atoms with E-state index < -0.39 is 0 Å². The molecule has 0 rings (SSSR count). The van der Waals surface area contributed by atoms with Crippen molar-refractivity contribution in [3.05, 3.63) is 0 Å². The molecule has 0 unspecified atom stereocenters. The average molecular weight is 231 g/mol. The standard InChI is InChI=1S/C10H22O.C4H11N/c1-2-3-4-5-6-7-8-9-10-11;1-2-3-4-5/h11H,2-10H2,1H3;2-5H2,1H3. The fourth-order valence-corrected chi connectivity index (χ4v) is 1.45. The van der Waals surface area contributed by atoms with E-state index in [1.165, 1.54) is 57.8 Å². The van der Waals surface area contributed by atoms with Crippen LogP contribution in [-0.4, -0.2) is 18.3 Å². The lowest BCUT2D eigenvalue weighted by atomic mass is 10.1. The van der Waals surface area contributed by atoms with Crippen LogP contribution in [0.15, 0.2) is 0 Å². The van der Waals surface area contributed by atoms with E-state index >= 15 is 0 Å². The highest BCUT2D eigenvalue weighted by atomic mass is 16.2. The van der Waals surface area contributed by atoms with Gasteiger partial charge in [0.1, 0.15) is 0 Å². The first-order valence-electron chi connectivity index (χ1n) is 7.14. The summed E-state index contributed by atoms with van der Waals surface area (Å²) in [5.41, 5.74) is 5.14. The third kappa shape index (κ3) is 23.6. The van der Waals surface area contributed by atoms with E-state index in [2.05, 4.69) is 13.8 Å². The smallest absolute Gasteiger partial charge is 0.0431 e. The molecule has 0 aliphatic heterocycles. The summed E-state index contributed by atoms with van der Waals surface area (Å²) in [6.45, 7) is 5.59. The van der Waals surface area contributed by atoms with Crippen LogP contribution < -0.4 is 5.73 Å². The van der Waals surface area contributed by atoms with E-state index in [9.17, 15) is 0 Å². The van der Waals surface area contributed by atoms with Crippen LogP contribution in [0.3, 0.4) is 0 Å². The summed E-state index contributed by atoms with van der Waals surface area (Å²) in [5.74, 6) is 0. The van der Waals surface area contributed by atoms with Crippen LogP contribution in [0.2, 0.25) is 0 Å². The van der Waals surface area contributed by atoms with Crippen LogP contribution >= 0.6 is 0 Å². The van der Waals surface area contributed by atoms with Gasteiger partial charge >= 0.3 is 0 Å². The van der Waals surface area contributed by atoms with Crippen LogP contribution in [0.5, 0.6) is 0 Å². The van der Waals surface area contributed by atoms with Crippen molar-refractivity contribution in [1.82, 2.24) is 0 Å². The normalized spacial score (nSPS) is 9.75. The van der Waals surface area contributed by atoms with Crippen molar-refractivity contribution in [1.29, 1.82) is 0 Å². The van der Waals surface area contributed by atoms with Gasteiger partial charge in [-0.15, -0.1) is 0 Å². The number of rotatable bonds is 10. The third-order valence-corrected chi connectivity index (χ3v) is 2.57. The second kappa shape index (κ2) is 20.3. The molecule has 0 aromatic rings. The summed E-state index contributed by atoms with van der Waals surface area (Å²) in [4.78, 5) is 0. The van der Waals surface area contributed by atoms with Crippen LogP contribution in [0.1, 0.15) is 78.1 Å². The molecule has 0 bridgehead atoms. The van der Waals surface area contributed by atoms with Crippen LogP contribution in [0.25, 0.3) is 0 Å². The number of aliphatic hydroxyl groups is 1. The molecule has 0 aliphatic rings. The van der Waals surface area contributed by atoms with Gasteiger partial charge in [0.25, 0.3) is 0 Å². The van der Waals surface area contributed by atoms with Gasteiger partial charge in [-0.3, -0.25) is 0 Å². The number of hydrogen-bond donors (Lipinski definition) is 2. The van der Waals surface area contributed by atoms with Crippen molar-refractivity contribution in [2.24, 2.45) is 5.73 Å². The molecule has 16 heavy (non-hydrogen) atoms. The highest BCUT2D eigenvalue weighted by Gasteiger charge is 1.89. The number of unbranched alkanes of at least 4 members (excludes halogenated alkanes) is 8. The molecular weight excluding hydrogens is 198 g/mol. The third-order valence-electron chi connectivity index (χ3n) is 2.57. The average Bonchev–Trinajstić information content (AvgIpc) is 2.30. The number of hydrogen-bond acceptors (Lipinski definition) is 2. The molecule has 3 N–H and O–H groups in total. The molecule has 2 heteroatoms. The van der Waals surface area contributed by atoms with Crippen molar-refractivity contribution in [2.45, 2.75) is 78.1 Å². The SMILES string of the molecule is CCCCCCCCCCO.CCCCN. The lowest BCUT2D eigenvalue weighted by Crippen LogP contribution is -1.95. The first kappa shape index (κ1) is 18.3. The summed E-state index contributed by atoms with van der Waals surface area (Å²) >= 11 is 0.